The zero-order valence-corrected chi connectivity index (χ0v) is 9.25. The molecule has 0 aromatic heterocycles. The van der Waals surface area contributed by atoms with Gasteiger partial charge in [0.05, 0.1) is 0 Å². The smallest absolute Gasteiger partial charge is 0 e. The van der Waals surface area contributed by atoms with Crippen molar-refractivity contribution in [2.75, 3.05) is 0 Å². The van der Waals surface area contributed by atoms with Crippen LogP contribution in [-0.2, 0) is 32.7 Å². The third kappa shape index (κ3) is 9.26. The molecule has 0 fully saturated rings. The predicted octanol–water partition coefficient (Wildman–Crippen LogP) is -0.121. The maximum absolute atomic E-state index is 8.31. The SMILES string of the molecule is [Gd].[O]=[Eu].[Y]. The summed E-state index contributed by atoms with van der Waals surface area (Å²) in [4.78, 5) is 0. The Morgan fingerprint density at radius 2 is 1.25 bits per heavy atom. The summed E-state index contributed by atoms with van der Waals surface area (Å²) in [6.07, 6.45) is 0. The minimum atomic E-state index is 0. The summed E-state index contributed by atoms with van der Waals surface area (Å²) >= 11 is 0.472. The van der Waals surface area contributed by atoms with Crippen LogP contribution >= 0.6 is 0 Å². The number of hydrogen-bond acceptors (Lipinski definition) is 1. The van der Waals surface area contributed by atoms with Gasteiger partial charge in [0, 0.05) is 72.6 Å². The molecule has 0 amide bonds. The van der Waals surface area contributed by atoms with Gasteiger partial charge in [-0.25, -0.2) is 0 Å². The molecule has 0 aliphatic carbocycles. The predicted molar refractivity (Wildman–Crippen MR) is 0.686 cm³/mol. The molecule has 1 nitrogen and oxygen atoms in total. The van der Waals surface area contributed by atoms with E-state index in [0.717, 1.165) is 0 Å². The van der Waals surface area contributed by atoms with Crippen molar-refractivity contribution in [3.8, 4) is 0 Å². The first-order valence-electron chi connectivity index (χ1n) is 0.154. The molecule has 24 valence electrons. The van der Waals surface area contributed by atoms with E-state index in [4.69, 9.17) is -0.0232 Å². The third-order valence-electron chi connectivity index (χ3n) is 0. The van der Waals surface area contributed by atoms with Gasteiger partial charge in [-0.2, -0.15) is 0 Å². The van der Waals surface area contributed by atoms with Gasteiger partial charge in [0.1, 0.15) is 0 Å². The number of rotatable bonds is 0. The Balaban J connectivity index is -0.00000000500. The summed E-state index contributed by atoms with van der Waals surface area (Å²) in [5.74, 6) is 0. The number of hydrogen-bond donors (Lipinski definition) is 0. The minimum absolute atomic E-state index is 0. The van der Waals surface area contributed by atoms with E-state index < -0.39 is 0 Å². The summed E-state index contributed by atoms with van der Waals surface area (Å²) in [7, 11) is 0. The second kappa shape index (κ2) is 15.8. The summed E-state index contributed by atoms with van der Waals surface area (Å²) in [6.45, 7) is 0. The fourth-order valence-electron chi connectivity index (χ4n) is 0. The van der Waals surface area contributed by atoms with E-state index in [9.17, 15) is 0 Å². The Morgan fingerprint density at radius 1 is 1.25 bits per heavy atom. The van der Waals surface area contributed by atoms with Crippen molar-refractivity contribution in [1.82, 2.24) is 0 Å². The van der Waals surface area contributed by atoms with Crippen LogP contribution in [0.4, 0.5) is 0 Å². The van der Waals surface area contributed by atoms with Crippen molar-refractivity contribution in [2.24, 2.45) is 0 Å². The molecule has 0 N–H and O–H groups in total. The molecule has 0 unspecified atom stereocenters. The first-order valence-corrected chi connectivity index (χ1v) is 1.14. The molecule has 0 aliphatic heterocycles. The van der Waals surface area contributed by atoms with E-state index in [1.54, 1.807) is 0 Å². The van der Waals surface area contributed by atoms with Crippen LogP contribution in [0.25, 0.3) is 0 Å². The van der Waals surface area contributed by atoms with Gasteiger partial charge in [-0.1, -0.05) is 0 Å². The fourth-order valence-corrected chi connectivity index (χ4v) is 0. The van der Waals surface area contributed by atoms with E-state index in [0.29, 0.717) is 47.2 Å². The molecule has 0 saturated heterocycles. The van der Waals surface area contributed by atoms with Crippen LogP contribution in [0, 0.1) is 87.1 Å². The molecule has 0 saturated carbocycles. The average Bonchev–Trinajstić information content (AvgIpc) is 1.00. The first kappa shape index (κ1) is 15.7. The summed E-state index contributed by atoms with van der Waals surface area (Å²) < 4.78 is 8.31. The Bertz CT molecular complexity index is 8.00. The van der Waals surface area contributed by atoms with Crippen molar-refractivity contribution in [1.29, 1.82) is 0 Å². The van der Waals surface area contributed by atoms with Gasteiger partial charge in [0.15, 0.2) is 0 Å². The summed E-state index contributed by atoms with van der Waals surface area (Å²) in [5, 5.41) is 0. The fraction of sp³-hybridized carbons (Fsp3) is 0. The second-order valence-corrected chi connectivity index (χ2v) is 0. The molecule has 0 atom stereocenters. The maximum Gasteiger partial charge on any atom is 0 e. The summed E-state index contributed by atoms with van der Waals surface area (Å²) in [6, 6.07) is 0. The topological polar surface area (TPSA) is 17.1 Å². The van der Waals surface area contributed by atoms with Crippen LogP contribution in [0.15, 0.2) is 0 Å². The van der Waals surface area contributed by atoms with Gasteiger partial charge in [-0.15, -0.1) is 0 Å². The van der Waals surface area contributed by atoms with Crippen molar-refractivity contribution in [2.45, 2.75) is 0 Å². The first-order chi connectivity index (χ1) is 1.00. The van der Waals surface area contributed by atoms with Crippen molar-refractivity contribution >= 4 is 0 Å². The van der Waals surface area contributed by atoms with Crippen LogP contribution in [0.5, 0.6) is 0 Å². The Kier molecular flexibility index (Phi) is 62.0. The van der Waals surface area contributed by atoms with Crippen molar-refractivity contribution < 1.29 is 120 Å². The quantitative estimate of drug-likeness (QED) is 0.541. The Labute approximate surface area is 116 Å². The molecule has 0 spiro atoms. The molecule has 4 heavy (non-hydrogen) atoms. The summed E-state index contributed by atoms with van der Waals surface area (Å²) in [5.41, 5.74) is 0. The zero-order chi connectivity index (χ0) is 2.00. The van der Waals surface area contributed by atoms with Gasteiger partial charge in [-0.3, -0.25) is 0 Å². The van der Waals surface area contributed by atoms with Crippen LogP contribution in [-0.4, -0.2) is 0 Å². The molecule has 0 aromatic carbocycles. The van der Waals surface area contributed by atoms with Gasteiger partial charge in [0.2, 0.25) is 0 Å². The Morgan fingerprint density at radius 3 is 1.25 bits per heavy atom. The van der Waals surface area contributed by atoms with E-state index in [2.05, 4.69) is 0 Å². The van der Waals surface area contributed by atoms with Crippen molar-refractivity contribution in [3.05, 3.63) is 0 Å². The van der Waals surface area contributed by atoms with Crippen molar-refractivity contribution in [3.63, 3.8) is 0 Å². The normalized spacial score (nSPS) is 1.00. The molecule has 1 radical (unpaired) electrons. The van der Waals surface area contributed by atoms with Gasteiger partial charge < -0.3 is 0 Å². The van der Waals surface area contributed by atoms with Crippen LogP contribution in [0.2, 0.25) is 0 Å². The van der Waals surface area contributed by atoms with Gasteiger partial charge in [0.25, 0.3) is 0 Å². The van der Waals surface area contributed by atoms with E-state index in [1.165, 1.54) is 0 Å². The van der Waals surface area contributed by atoms with E-state index in [1.807, 2.05) is 0 Å². The van der Waals surface area contributed by atoms with E-state index in [-0.39, 0.29) is 72.6 Å². The van der Waals surface area contributed by atoms with Gasteiger partial charge in [-0.05, 0) is 0 Å². The molecular formula is EuGdOY. The third-order valence-corrected chi connectivity index (χ3v) is 0. The largest absolute Gasteiger partial charge is 0 e. The average molecular weight is 414 g/mol. The standard InChI is InChI=1S/Eu.Gd.O.Y. The minimum Gasteiger partial charge on any atom is 0 e. The zero-order valence-electron chi connectivity index (χ0n) is 1.72. The van der Waals surface area contributed by atoms with E-state index >= 15 is 0 Å². The molecule has 0 aliphatic rings. The molecular weight excluding hydrogens is 414 g/mol. The van der Waals surface area contributed by atoms with Crippen LogP contribution in [0.1, 0.15) is 0 Å². The van der Waals surface area contributed by atoms with Crippen LogP contribution < -0.4 is 0 Å². The molecule has 4 heteroatoms. The second-order valence-electron chi connectivity index (χ2n) is 0. The molecule has 0 heterocycles. The van der Waals surface area contributed by atoms with Gasteiger partial charge >= 0.3 is 47.2 Å². The van der Waals surface area contributed by atoms with Crippen LogP contribution in [0.3, 0.4) is 0 Å². The molecule has 0 rings (SSSR count). The Hall–Kier alpha value is 3.81. The maximum atomic E-state index is 8.31. The molecule has 0 aromatic rings. The molecule has 0 bridgehead atoms. The monoisotopic (exact) mass is 416 g/mol.